The first-order valence-corrected chi connectivity index (χ1v) is 17.7. The van der Waals surface area contributed by atoms with Crippen LogP contribution in [0.1, 0.15) is 53.0 Å². The number of allylic oxidation sites excluding steroid dienone is 3. The summed E-state index contributed by atoms with van der Waals surface area (Å²) in [5.74, 6) is -0.868. The number of esters is 1. The van der Waals surface area contributed by atoms with Gasteiger partial charge >= 0.3 is 5.97 Å². The lowest BCUT2D eigenvalue weighted by Crippen LogP contribution is -2.66. The molecular weight excluding hydrogens is 700 g/mol. The smallest absolute Gasteiger partial charge is 0.331 e. The zero-order valence-corrected chi connectivity index (χ0v) is 30.5. The summed E-state index contributed by atoms with van der Waals surface area (Å²) in [5, 5.41) is 84.3. The van der Waals surface area contributed by atoms with Gasteiger partial charge < -0.3 is 74.0 Å². The third kappa shape index (κ3) is 11.4. The summed E-state index contributed by atoms with van der Waals surface area (Å²) in [4.78, 5) is 13.0. The first-order valence-electron chi connectivity index (χ1n) is 17.7. The van der Waals surface area contributed by atoms with Gasteiger partial charge in [-0.1, -0.05) is 35.4 Å². The second kappa shape index (κ2) is 19.7. The lowest BCUT2D eigenvalue weighted by molar-refractivity contribution is -0.375. The van der Waals surface area contributed by atoms with Crippen LogP contribution in [0.15, 0.2) is 53.6 Å². The number of aliphatic hydroxyl groups is 7. The fourth-order valence-electron chi connectivity index (χ4n) is 6.12. The molecule has 16 heteroatoms. The second-order valence-electron chi connectivity index (χ2n) is 13.8. The molecule has 16 nitrogen and oxygen atoms in total. The number of hydrogen-bond donors (Lipinski definition) is 8. The van der Waals surface area contributed by atoms with E-state index in [1.165, 1.54) is 37.6 Å². The van der Waals surface area contributed by atoms with Gasteiger partial charge in [0.25, 0.3) is 0 Å². The van der Waals surface area contributed by atoms with Crippen LogP contribution in [0.3, 0.4) is 0 Å². The van der Waals surface area contributed by atoms with Crippen molar-refractivity contribution in [2.45, 2.75) is 140 Å². The standard InChI is InChI=1S/C37H54O16/c1-18(2)7-6-8-19(3)15-16-47-35-31(46)34(33(24(17-38)50-35)51-25(40)14-11-22-9-12-23(39)13-10-22)53-37-30(45)28(43)32(21(5)49-37)52-36-29(44)27(42)26(41)20(4)48-36/h7,9-15,20-21,24,26-39,41-46H,6,8,16-17H2,1-5H3/b14-11+,19-15+/t20-,21-,24+,26-,27+,28-,29+,30+,31+,32-,33?,34+,35+,36-,37-/m0/s1. The summed E-state index contributed by atoms with van der Waals surface area (Å²) in [6.45, 7) is 8.21. The van der Waals surface area contributed by atoms with E-state index in [2.05, 4.69) is 6.08 Å². The molecule has 53 heavy (non-hydrogen) atoms. The molecule has 0 bridgehead atoms. The highest BCUT2D eigenvalue weighted by atomic mass is 16.8. The fourth-order valence-corrected chi connectivity index (χ4v) is 6.12. The molecule has 298 valence electrons. The van der Waals surface area contributed by atoms with E-state index in [0.29, 0.717) is 5.56 Å². The summed E-state index contributed by atoms with van der Waals surface area (Å²) < 4.78 is 40.4. The van der Waals surface area contributed by atoms with Crippen molar-refractivity contribution in [3.05, 3.63) is 59.2 Å². The molecule has 0 radical (unpaired) electrons. The molecule has 3 saturated heterocycles. The van der Waals surface area contributed by atoms with Crippen molar-refractivity contribution < 1.29 is 78.8 Å². The van der Waals surface area contributed by atoms with E-state index in [-0.39, 0.29) is 12.4 Å². The highest BCUT2D eigenvalue weighted by Crippen LogP contribution is 2.33. The zero-order valence-electron chi connectivity index (χ0n) is 30.5. The summed E-state index contributed by atoms with van der Waals surface area (Å²) in [7, 11) is 0. The van der Waals surface area contributed by atoms with Crippen LogP contribution >= 0.6 is 0 Å². The normalized spacial score (nSPS) is 38.1. The van der Waals surface area contributed by atoms with E-state index < -0.39 is 105 Å². The molecule has 8 N–H and O–H groups in total. The van der Waals surface area contributed by atoms with Crippen molar-refractivity contribution in [1.82, 2.24) is 0 Å². The van der Waals surface area contributed by atoms with Gasteiger partial charge in [0.05, 0.1) is 25.4 Å². The highest BCUT2D eigenvalue weighted by molar-refractivity contribution is 5.87. The summed E-state index contributed by atoms with van der Waals surface area (Å²) >= 11 is 0. The number of aliphatic hydroxyl groups excluding tert-OH is 7. The van der Waals surface area contributed by atoms with Crippen LogP contribution in [0.5, 0.6) is 5.75 Å². The molecule has 0 amide bonds. The molecule has 0 aliphatic carbocycles. The minimum absolute atomic E-state index is 0.0177. The topological polar surface area (TPSA) is 244 Å². The lowest BCUT2D eigenvalue weighted by atomic mass is 9.96. The molecule has 3 fully saturated rings. The maximum Gasteiger partial charge on any atom is 0.331 e. The van der Waals surface area contributed by atoms with Crippen molar-refractivity contribution >= 4 is 12.0 Å². The number of hydrogen-bond acceptors (Lipinski definition) is 16. The van der Waals surface area contributed by atoms with Gasteiger partial charge in [0.15, 0.2) is 25.0 Å². The maximum absolute atomic E-state index is 13.0. The van der Waals surface area contributed by atoms with Gasteiger partial charge in [0.2, 0.25) is 0 Å². The number of phenolic OH excluding ortho intramolecular Hbond substituents is 1. The van der Waals surface area contributed by atoms with Gasteiger partial charge in [0, 0.05) is 6.08 Å². The van der Waals surface area contributed by atoms with Crippen LogP contribution in [0.2, 0.25) is 0 Å². The maximum atomic E-state index is 13.0. The Morgan fingerprint density at radius 2 is 1.36 bits per heavy atom. The van der Waals surface area contributed by atoms with Gasteiger partial charge in [-0.15, -0.1) is 0 Å². The molecule has 3 heterocycles. The molecule has 1 unspecified atom stereocenters. The van der Waals surface area contributed by atoms with Gasteiger partial charge in [-0.25, -0.2) is 4.79 Å². The summed E-state index contributed by atoms with van der Waals surface area (Å²) in [5.41, 5.74) is 2.79. The quantitative estimate of drug-likeness (QED) is 0.0717. The third-order valence-electron chi connectivity index (χ3n) is 9.30. The molecule has 0 aromatic heterocycles. The van der Waals surface area contributed by atoms with E-state index in [4.69, 9.17) is 33.2 Å². The summed E-state index contributed by atoms with van der Waals surface area (Å²) in [6, 6.07) is 5.99. The Morgan fingerprint density at radius 3 is 2.00 bits per heavy atom. The van der Waals surface area contributed by atoms with Crippen molar-refractivity contribution in [1.29, 1.82) is 0 Å². The number of carbonyl (C=O) groups is 1. The van der Waals surface area contributed by atoms with E-state index >= 15 is 0 Å². The van der Waals surface area contributed by atoms with Crippen molar-refractivity contribution in [2.24, 2.45) is 0 Å². The van der Waals surface area contributed by atoms with Crippen molar-refractivity contribution in [3.8, 4) is 5.75 Å². The summed E-state index contributed by atoms with van der Waals surface area (Å²) in [6.07, 6.45) is -14.1. The number of phenols is 1. The molecule has 3 aliphatic heterocycles. The molecule has 15 atom stereocenters. The largest absolute Gasteiger partial charge is 0.508 e. The zero-order chi connectivity index (χ0) is 39.0. The van der Waals surface area contributed by atoms with Crippen molar-refractivity contribution in [3.63, 3.8) is 0 Å². The number of ether oxygens (including phenoxy) is 7. The number of benzene rings is 1. The van der Waals surface area contributed by atoms with Gasteiger partial charge in [-0.2, -0.15) is 0 Å². The van der Waals surface area contributed by atoms with E-state index in [1.54, 1.807) is 12.1 Å². The van der Waals surface area contributed by atoms with E-state index in [9.17, 15) is 45.6 Å². The van der Waals surface area contributed by atoms with Crippen LogP contribution in [0.25, 0.3) is 6.08 Å². The van der Waals surface area contributed by atoms with Gasteiger partial charge in [0.1, 0.15) is 60.7 Å². The molecule has 3 aliphatic rings. The number of aromatic hydroxyl groups is 1. The lowest BCUT2D eigenvalue weighted by Gasteiger charge is -2.48. The van der Waals surface area contributed by atoms with Crippen LogP contribution in [0, 0.1) is 0 Å². The highest BCUT2D eigenvalue weighted by Gasteiger charge is 2.54. The van der Waals surface area contributed by atoms with Crippen LogP contribution < -0.4 is 0 Å². The molecule has 1 aromatic carbocycles. The van der Waals surface area contributed by atoms with Gasteiger partial charge in [-0.3, -0.25) is 0 Å². The van der Waals surface area contributed by atoms with Crippen LogP contribution in [0.4, 0.5) is 0 Å². The third-order valence-corrected chi connectivity index (χ3v) is 9.30. The Kier molecular flexibility index (Phi) is 15.9. The van der Waals surface area contributed by atoms with E-state index in [1.807, 2.05) is 26.8 Å². The Balaban J connectivity index is 1.51. The second-order valence-corrected chi connectivity index (χ2v) is 13.8. The average molecular weight is 755 g/mol. The Hall–Kier alpha value is -2.81. The minimum Gasteiger partial charge on any atom is -0.508 e. The van der Waals surface area contributed by atoms with E-state index in [0.717, 1.165) is 24.5 Å². The Morgan fingerprint density at radius 1 is 0.736 bits per heavy atom. The van der Waals surface area contributed by atoms with Crippen LogP contribution in [-0.2, 0) is 38.0 Å². The van der Waals surface area contributed by atoms with Gasteiger partial charge in [-0.05, 0) is 71.2 Å². The van der Waals surface area contributed by atoms with Crippen molar-refractivity contribution in [2.75, 3.05) is 13.2 Å². The minimum atomic E-state index is -1.84. The predicted octanol–water partition coefficient (Wildman–Crippen LogP) is 0.169. The Labute approximate surface area is 308 Å². The molecule has 0 spiro atoms. The monoisotopic (exact) mass is 754 g/mol. The number of carbonyl (C=O) groups excluding carboxylic acids is 1. The predicted molar refractivity (Wildman–Crippen MR) is 186 cm³/mol. The SMILES string of the molecule is CC(C)=CCC/C(C)=C/CO[C@@H]1O[C@H](CO)C(OC(=O)/C=C/c2ccc(O)cc2)[C@H](O[C@@H]2O[C@@H](C)[C@H](O[C@@H]3O[C@@H](C)[C@H](O)[C@@H](O)[C@H]3O)[C@@H](O)[C@H]2O)[C@H]1O. The molecule has 1 aromatic rings. The fraction of sp³-hybridized carbons (Fsp3) is 0.649. The molecular formula is C37H54O16. The Bertz CT molecular complexity index is 1400. The first kappa shape index (κ1) is 42.9. The molecule has 4 rings (SSSR count). The van der Waals surface area contributed by atoms with Crippen LogP contribution in [-0.4, -0.2) is 152 Å². The number of rotatable bonds is 14. The first-order chi connectivity index (χ1) is 25.1. The average Bonchev–Trinajstić information content (AvgIpc) is 3.11. The molecule has 0 saturated carbocycles.